The van der Waals surface area contributed by atoms with Crippen molar-refractivity contribution >= 4 is 49.2 Å². The molecule has 0 amide bonds. The minimum absolute atomic E-state index is 0.0733. The highest BCUT2D eigenvalue weighted by atomic mass is 79.9. The van der Waals surface area contributed by atoms with Crippen molar-refractivity contribution in [1.29, 1.82) is 0 Å². The predicted octanol–water partition coefficient (Wildman–Crippen LogP) is 3.12. The summed E-state index contributed by atoms with van der Waals surface area (Å²) in [6, 6.07) is 0.406. The smallest absolute Gasteiger partial charge is 0.282 e. The van der Waals surface area contributed by atoms with Crippen LogP contribution in [0.15, 0.2) is 9.95 Å². The van der Waals surface area contributed by atoms with E-state index in [1.54, 1.807) is 23.1 Å². The van der Waals surface area contributed by atoms with Crippen molar-refractivity contribution in [1.82, 2.24) is 9.55 Å². The van der Waals surface area contributed by atoms with Crippen LogP contribution in [-0.2, 0) is 0 Å². The molecule has 3 rings (SSSR count). The molecule has 2 aromatic rings. The number of halogens is 1. The van der Waals surface area contributed by atoms with Crippen LogP contribution in [-0.4, -0.2) is 20.6 Å². The largest absolute Gasteiger partial charge is 0.307 e. The zero-order valence-electron chi connectivity index (χ0n) is 9.49. The fraction of sp³-hybridized carbons (Fsp3) is 0.455. The van der Waals surface area contributed by atoms with E-state index >= 15 is 0 Å². The summed E-state index contributed by atoms with van der Waals surface area (Å²) in [6.45, 7) is 4.08. The molecule has 6 heteroatoms. The van der Waals surface area contributed by atoms with Crippen molar-refractivity contribution in [2.75, 3.05) is 11.1 Å². The fourth-order valence-corrected chi connectivity index (χ4v) is 5.33. The zero-order valence-corrected chi connectivity index (χ0v) is 12.7. The first-order valence-corrected chi connectivity index (χ1v) is 8.27. The molecule has 0 fully saturated rings. The van der Waals surface area contributed by atoms with Gasteiger partial charge in [-0.2, -0.15) is 4.98 Å². The summed E-state index contributed by atoms with van der Waals surface area (Å²) >= 11 is 6.92. The third-order valence-electron chi connectivity index (χ3n) is 3.15. The van der Waals surface area contributed by atoms with E-state index in [1.165, 1.54) is 4.88 Å². The van der Waals surface area contributed by atoms with Gasteiger partial charge in [-0.1, -0.05) is 27.7 Å². The Morgan fingerprint density at radius 2 is 2.29 bits per heavy atom. The van der Waals surface area contributed by atoms with E-state index < -0.39 is 0 Å². The van der Waals surface area contributed by atoms with Crippen LogP contribution in [0.25, 0.3) is 10.2 Å². The molecule has 0 unspecified atom stereocenters. The Bertz CT molecular complexity index is 662. The third kappa shape index (κ3) is 1.61. The molecule has 3 heterocycles. The lowest BCUT2D eigenvalue weighted by molar-refractivity contribution is 0.598. The molecule has 1 aliphatic heterocycles. The number of hydrogen-bond acceptors (Lipinski definition) is 4. The molecule has 3 nitrogen and oxygen atoms in total. The second-order valence-corrected chi connectivity index (χ2v) is 6.99. The van der Waals surface area contributed by atoms with Gasteiger partial charge in [0.2, 0.25) is 0 Å². The molecule has 0 N–H and O–H groups in total. The van der Waals surface area contributed by atoms with Crippen LogP contribution >= 0.6 is 39.0 Å². The Labute approximate surface area is 115 Å². The molecule has 1 atom stereocenters. The molecule has 0 aliphatic carbocycles. The Kier molecular flexibility index (Phi) is 2.83. The summed E-state index contributed by atoms with van der Waals surface area (Å²) < 4.78 is 2.22. The average Bonchev–Trinajstić information content (AvgIpc) is 2.82. The molecule has 90 valence electrons. The van der Waals surface area contributed by atoms with Crippen molar-refractivity contribution < 1.29 is 0 Å². The Morgan fingerprint density at radius 1 is 1.53 bits per heavy atom. The van der Waals surface area contributed by atoms with Crippen LogP contribution in [0.4, 0.5) is 0 Å². The monoisotopic (exact) mass is 330 g/mol. The third-order valence-corrected chi connectivity index (χ3v) is 6.20. The highest BCUT2D eigenvalue weighted by molar-refractivity contribution is 9.09. The molecule has 0 saturated carbocycles. The van der Waals surface area contributed by atoms with Crippen LogP contribution in [0.5, 0.6) is 0 Å². The van der Waals surface area contributed by atoms with Gasteiger partial charge in [-0.05, 0) is 19.4 Å². The van der Waals surface area contributed by atoms with Crippen LogP contribution < -0.4 is 5.56 Å². The molecule has 0 spiro atoms. The average molecular weight is 331 g/mol. The second-order valence-electron chi connectivity index (χ2n) is 4.15. The maximum atomic E-state index is 12.0. The SMILES string of the molecule is Cc1sc2c(c1C)c(=O)nc1n2[C@H](CBr)CS1. The molecular weight excluding hydrogens is 320 g/mol. The predicted molar refractivity (Wildman–Crippen MR) is 76.9 cm³/mol. The quantitative estimate of drug-likeness (QED) is 0.595. The maximum Gasteiger partial charge on any atom is 0.282 e. The first-order chi connectivity index (χ1) is 8.13. The van der Waals surface area contributed by atoms with Crippen molar-refractivity contribution in [2.24, 2.45) is 0 Å². The van der Waals surface area contributed by atoms with Gasteiger partial charge in [-0.15, -0.1) is 11.3 Å². The number of alkyl halides is 1. The van der Waals surface area contributed by atoms with Gasteiger partial charge in [0.05, 0.1) is 11.4 Å². The molecule has 1 aliphatic rings. The first-order valence-electron chi connectivity index (χ1n) is 5.34. The highest BCUT2D eigenvalue weighted by Crippen LogP contribution is 2.38. The molecule has 0 aromatic carbocycles. The molecular formula is C11H11BrN2OS2. The van der Waals surface area contributed by atoms with Gasteiger partial charge in [0.15, 0.2) is 5.16 Å². The van der Waals surface area contributed by atoms with Gasteiger partial charge >= 0.3 is 0 Å². The minimum atomic E-state index is -0.0733. The van der Waals surface area contributed by atoms with Crippen LogP contribution in [0.1, 0.15) is 16.5 Å². The molecule has 0 saturated heterocycles. The first kappa shape index (κ1) is 11.7. The molecule has 2 aromatic heterocycles. The molecule has 0 radical (unpaired) electrons. The van der Waals surface area contributed by atoms with Gasteiger partial charge in [0, 0.05) is 16.0 Å². The second kappa shape index (κ2) is 4.10. The van der Waals surface area contributed by atoms with Gasteiger partial charge < -0.3 is 4.57 Å². The summed E-state index contributed by atoms with van der Waals surface area (Å²) in [6.07, 6.45) is 0. The molecule has 17 heavy (non-hydrogen) atoms. The topological polar surface area (TPSA) is 34.9 Å². The zero-order chi connectivity index (χ0) is 12.2. The van der Waals surface area contributed by atoms with E-state index in [2.05, 4.69) is 32.4 Å². The summed E-state index contributed by atoms with van der Waals surface area (Å²) in [5, 5.41) is 2.58. The van der Waals surface area contributed by atoms with Gasteiger partial charge in [-0.3, -0.25) is 4.79 Å². The standard InChI is InChI=1S/C11H11BrN2OS2/c1-5-6(2)17-10-8(5)9(15)13-11-14(10)7(3-12)4-16-11/h7H,3-4H2,1-2H3/t7-/m1/s1. The Balaban J connectivity index is 2.45. The van der Waals surface area contributed by atoms with Crippen molar-refractivity contribution in [2.45, 2.75) is 25.0 Å². The number of aryl methyl sites for hydroxylation is 2. The summed E-state index contributed by atoms with van der Waals surface area (Å²) in [5.74, 6) is 0.993. The van der Waals surface area contributed by atoms with Crippen LogP contribution in [0.2, 0.25) is 0 Å². The fourth-order valence-electron chi connectivity index (χ4n) is 2.10. The number of fused-ring (bicyclic) bond motifs is 3. The van der Waals surface area contributed by atoms with E-state index in [4.69, 9.17) is 0 Å². The van der Waals surface area contributed by atoms with E-state index in [0.717, 1.165) is 32.0 Å². The maximum absolute atomic E-state index is 12.0. The van der Waals surface area contributed by atoms with E-state index in [0.29, 0.717) is 6.04 Å². The van der Waals surface area contributed by atoms with Crippen LogP contribution in [0.3, 0.4) is 0 Å². The number of thiophene rings is 1. The van der Waals surface area contributed by atoms with Gasteiger partial charge in [0.1, 0.15) is 4.83 Å². The Hall–Kier alpha value is -0.330. The van der Waals surface area contributed by atoms with E-state index in [1.807, 2.05) is 6.92 Å². The number of thioether (sulfide) groups is 1. The number of hydrogen-bond donors (Lipinski definition) is 0. The minimum Gasteiger partial charge on any atom is -0.307 e. The number of nitrogens with zero attached hydrogens (tertiary/aromatic N) is 2. The summed E-state index contributed by atoms with van der Waals surface area (Å²) in [5.41, 5.74) is 1.01. The number of aromatic nitrogens is 2. The lowest BCUT2D eigenvalue weighted by Crippen LogP contribution is -2.16. The van der Waals surface area contributed by atoms with E-state index in [9.17, 15) is 4.79 Å². The molecule has 0 bridgehead atoms. The summed E-state index contributed by atoms with van der Waals surface area (Å²) in [4.78, 5) is 18.5. The lowest BCUT2D eigenvalue weighted by Gasteiger charge is -2.11. The van der Waals surface area contributed by atoms with E-state index in [-0.39, 0.29) is 5.56 Å². The normalized spacial score (nSPS) is 18.9. The van der Waals surface area contributed by atoms with Crippen molar-refractivity contribution in [3.63, 3.8) is 0 Å². The lowest BCUT2D eigenvalue weighted by atomic mass is 10.2. The Morgan fingerprint density at radius 3 is 3.00 bits per heavy atom. The van der Waals surface area contributed by atoms with Gasteiger partial charge in [0.25, 0.3) is 5.56 Å². The van der Waals surface area contributed by atoms with Crippen LogP contribution in [0, 0.1) is 13.8 Å². The van der Waals surface area contributed by atoms with Crippen molar-refractivity contribution in [3.05, 3.63) is 20.8 Å². The summed E-state index contributed by atoms with van der Waals surface area (Å²) in [7, 11) is 0. The number of rotatable bonds is 1. The van der Waals surface area contributed by atoms with Gasteiger partial charge in [-0.25, -0.2) is 0 Å². The van der Waals surface area contributed by atoms with Crippen molar-refractivity contribution in [3.8, 4) is 0 Å². The highest BCUT2D eigenvalue weighted by Gasteiger charge is 2.27.